The maximum Gasteiger partial charge on any atom is 0.234 e. The van der Waals surface area contributed by atoms with Gasteiger partial charge in [0.25, 0.3) is 0 Å². The van der Waals surface area contributed by atoms with Crippen LogP contribution in [0.3, 0.4) is 0 Å². The summed E-state index contributed by atoms with van der Waals surface area (Å²) < 4.78 is 0. The molecule has 0 bridgehead atoms. The smallest absolute Gasteiger partial charge is 0.234 e. The molecule has 138 valence electrons. The van der Waals surface area contributed by atoms with Crippen LogP contribution < -0.4 is 11.1 Å². The number of amides is 1. The molecule has 0 unspecified atom stereocenters. The summed E-state index contributed by atoms with van der Waals surface area (Å²) in [4.78, 5) is 12.9. The molecule has 27 heavy (non-hydrogen) atoms. The third kappa shape index (κ3) is 3.62. The maximum absolute atomic E-state index is 12.9. The fourth-order valence-corrected chi connectivity index (χ4v) is 2.91. The third-order valence-corrected chi connectivity index (χ3v) is 4.91. The summed E-state index contributed by atoms with van der Waals surface area (Å²) in [7, 11) is 0. The molecule has 1 amide bonds. The van der Waals surface area contributed by atoms with Gasteiger partial charge in [0.05, 0.1) is 5.41 Å². The van der Waals surface area contributed by atoms with E-state index in [-0.39, 0.29) is 17.5 Å². The molecule has 0 atom stereocenters. The highest BCUT2D eigenvalue weighted by atomic mass is 16.3. The van der Waals surface area contributed by atoms with Gasteiger partial charge in [0.2, 0.25) is 5.91 Å². The maximum atomic E-state index is 12.9. The van der Waals surface area contributed by atoms with Gasteiger partial charge in [-0.2, -0.15) is 0 Å². The zero-order valence-electron chi connectivity index (χ0n) is 15.6. The van der Waals surface area contributed by atoms with Crippen LogP contribution in [0.1, 0.15) is 30.5 Å². The minimum atomic E-state index is -0.807. The van der Waals surface area contributed by atoms with E-state index in [1.54, 1.807) is 12.1 Å². The Morgan fingerprint density at radius 1 is 1.04 bits per heavy atom. The molecule has 0 aliphatic heterocycles. The molecule has 0 fully saturated rings. The quantitative estimate of drug-likeness (QED) is 0.416. The largest absolute Gasteiger partial charge is 0.508 e. The van der Waals surface area contributed by atoms with E-state index >= 15 is 0 Å². The molecule has 0 radical (unpaired) electrons. The summed E-state index contributed by atoms with van der Waals surface area (Å²) in [5.74, 6) is 0.0446. The van der Waals surface area contributed by atoms with E-state index < -0.39 is 5.41 Å². The van der Waals surface area contributed by atoms with Crippen molar-refractivity contribution < 1.29 is 9.90 Å². The first-order valence-electron chi connectivity index (χ1n) is 8.68. The number of fused-ring (bicyclic) bond motifs is 1. The Balaban J connectivity index is 1.87. The zero-order valence-corrected chi connectivity index (χ0v) is 15.6. The second kappa shape index (κ2) is 6.76. The van der Waals surface area contributed by atoms with Crippen molar-refractivity contribution in [3.05, 3.63) is 71.3 Å². The fourth-order valence-electron chi connectivity index (χ4n) is 2.91. The number of nitrogens with two attached hydrogens (primary N) is 1. The molecule has 5 heteroatoms. The molecule has 3 aromatic carbocycles. The lowest BCUT2D eigenvalue weighted by molar-refractivity contribution is -0.120. The normalized spacial score (nSPS) is 11.4. The Morgan fingerprint density at radius 3 is 2.37 bits per heavy atom. The lowest BCUT2D eigenvalue weighted by Crippen LogP contribution is -2.34. The highest BCUT2D eigenvalue weighted by molar-refractivity contribution is 6.02. The standard InChI is InChI=1S/C22H23N3O2/c1-13-4-8-17(12-19(13)26)22(2,3)21(27)25-18-9-7-14-10-16(20(23)24)6-5-15(14)11-18/h4-12,26H,1-3H3,(H3,23,24)(H,25,27). The molecule has 3 rings (SSSR count). The van der Waals surface area contributed by atoms with Gasteiger partial charge in [-0.05, 0) is 66.9 Å². The lowest BCUT2D eigenvalue weighted by Gasteiger charge is -2.25. The van der Waals surface area contributed by atoms with Crippen molar-refractivity contribution in [3.63, 3.8) is 0 Å². The van der Waals surface area contributed by atoms with E-state index in [4.69, 9.17) is 11.1 Å². The Labute approximate surface area is 158 Å². The average molecular weight is 361 g/mol. The van der Waals surface area contributed by atoms with Gasteiger partial charge >= 0.3 is 0 Å². The predicted molar refractivity (Wildman–Crippen MR) is 109 cm³/mol. The molecule has 5 N–H and O–H groups in total. The Bertz CT molecular complexity index is 1050. The van der Waals surface area contributed by atoms with E-state index in [1.165, 1.54) is 0 Å². The summed E-state index contributed by atoms with van der Waals surface area (Å²) in [5, 5.41) is 22.3. The van der Waals surface area contributed by atoms with Crippen molar-refractivity contribution in [2.75, 3.05) is 5.32 Å². The summed E-state index contributed by atoms with van der Waals surface area (Å²) >= 11 is 0. The van der Waals surface area contributed by atoms with Gasteiger partial charge in [-0.3, -0.25) is 10.2 Å². The van der Waals surface area contributed by atoms with Crippen LogP contribution in [0.4, 0.5) is 5.69 Å². The van der Waals surface area contributed by atoms with E-state index in [1.807, 2.05) is 63.2 Å². The van der Waals surface area contributed by atoms with Crippen LogP contribution in [0.2, 0.25) is 0 Å². The van der Waals surface area contributed by atoms with Crippen LogP contribution in [-0.4, -0.2) is 16.8 Å². The number of amidine groups is 1. The fraction of sp³-hybridized carbons (Fsp3) is 0.182. The van der Waals surface area contributed by atoms with Crippen LogP contribution in [0, 0.1) is 12.3 Å². The Morgan fingerprint density at radius 2 is 1.70 bits per heavy atom. The van der Waals surface area contributed by atoms with Crippen molar-refractivity contribution in [2.24, 2.45) is 5.73 Å². The molecular formula is C22H23N3O2. The van der Waals surface area contributed by atoms with Crippen molar-refractivity contribution in [1.29, 1.82) is 5.41 Å². The minimum absolute atomic E-state index is 0.0254. The molecule has 0 saturated heterocycles. The van der Waals surface area contributed by atoms with Crippen LogP contribution >= 0.6 is 0 Å². The summed E-state index contributed by atoms with van der Waals surface area (Å²) in [6, 6.07) is 16.4. The number of aryl methyl sites for hydroxylation is 1. The monoisotopic (exact) mass is 361 g/mol. The Kier molecular flexibility index (Phi) is 4.62. The van der Waals surface area contributed by atoms with Crippen LogP contribution in [-0.2, 0) is 10.2 Å². The van der Waals surface area contributed by atoms with E-state index in [0.29, 0.717) is 11.3 Å². The molecule has 0 saturated carbocycles. The molecular weight excluding hydrogens is 338 g/mol. The van der Waals surface area contributed by atoms with Crippen molar-refractivity contribution in [1.82, 2.24) is 0 Å². The first-order valence-corrected chi connectivity index (χ1v) is 8.68. The number of carbonyl (C=O) groups excluding carboxylic acids is 1. The van der Waals surface area contributed by atoms with E-state index in [9.17, 15) is 9.90 Å². The van der Waals surface area contributed by atoms with Gasteiger partial charge in [0, 0.05) is 11.3 Å². The molecule has 0 aromatic heterocycles. The Hall–Kier alpha value is -3.34. The molecule has 0 aliphatic carbocycles. The summed E-state index contributed by atoms with van der Waals surface area (Å²) in [6.07, 6.45) is 0. The van der Waals surface area contributed by atoms with Gasteiger partial charge in [0.15, 0.2) is 0 Å². The van der Waals surface area contributed by atoms with Crippen LogP contribution in [0.15, 0.2) is 54.6 Å². The number of rotatable bonds is 4. The molecule has 5 nitrogen and oxygen atoms in total. The van der Waals surface area contributed by atoms with Crippen molar-refractivity contribution >= 4 is 28.2 Å². The summed E-state index contributed by atoms with van der Waals surface area (Å²) in [6.45, 7) is 5.47. The second-order valence-corrected chi connectivity index (χ2v) is 7.27. The third-order valence-electron chi connectivity index (χ3n) is 4.91. The average Bonchev–Trinajstić information content (AvgIpc) is 2.63. The second-order valence-electron chi connectivity index (χ2n) is 7.27. The molecule has 0 aliphatic rings. The molecule has 3 aromatic rings. The van der Waals surface area contributed by atoms with E-state index in [2.05, 4.69) is 5.32 Å². The van der Waals surface area contributed by atoms with Gasteiger partial charge in [-0.15, -0.1) is 0 Å². The number of anilines is 1. The number of nitrogen functional groups attached to an aromatic ring is 1. The van der Waals surface area contributed by atoms with Gasteiger partial charge in [-0.1, -0.05) is 30.3 Å². The first kappa shape index (κ1) is 18.5. The van der Waals surface area contributed by atoms with Crippen molar-refractivity contribution in [2.45, 2.75) is 26.2 Å². The minimum Gasteiger partial charge on any atom is -0.508 e. The topological polar surface area (TPSA) is 99.2 Å². The van der Waals surface area contributed by atoms with E-state index in [0.717, 1.165) is 21.9 Å². The number of aromatic hydroxyl groups is 1. The SMILES string of the molecule is Cc1ccc(C(C)(C)C(=O)Nc2ccc3cc(C(=N)N)ccc3c2)cc1O. The van der Waals surface area contributed by atoms with Gasteiger partial charge in [-0.25, -0.2) is 0 Å². The molecule has 0 heterocycles. The highest BCUT2D eigenvalue weighted by Gasteiger charge is 2.30. The number of carbonyl (C=O) groups is 1. The number of phenolic OH excluding ortho intramolecular Hbond substituents is 1. The zero-order chi connectivity index (χ0) is 19.8. The number of benzene rings is 3. The first-order chi connectivity index (χ1) is 12.7. The van der Waals surface area contributed by atoms with Gasteiger partial charge in [0.1, 0.15) is 11.6 Å². The number of hydrogen-bond acceptors (Lipinski definition) is 3. The predicted octanol–water partition coefficient (Wildman–Crippen LogP) is 4.05. The number of phenols is 1. The lowest BCUT2D eigenvalue weighted by atomic mass is 9.83. The number of hydrogen-bond donors (Lipinski definition) is 4. The number of nitrogens with one attached hydrogen (secondary N) is 2. The molecule has 0 spiro atoms. The highest BCUT2D eigenvalue weighted by Crippen LogP contribution is 2.30. The summed E-state index contributed by atoms with van der Waals surface area (Å²) in [5.41, 5.74) is 7.60. The van der Waals surface area contributed by atoms with Crippen LogP contribution in [0.25, 0.3) is 10.8 Å². The van der Waals surface area contributed by atoms with Crippen LogP contribution in [0.5, 0.6) is 5.75 Å². The van der Waals surface area contributed by atoms with Gasteiger partial charge < -0.3 is 16.2 Å². The van der Waals surface area contributed by atoms with Crippen molar-refractivity contribution in [3.8, 4) is 5.75 Å².